The predicted octanol–water partition coefficient (Wildman–Crippen LogP) is 3.26. The molecule has 45 heavy (non-hydrogen) atoms. The number of morpholine rings is 1. The first-order chi connectivity index (χ1) is 20.8. The van der Waals surface area contributed by atoms with Gasteiger partial charge in [-0.1, -0.05) is 23.7 Å². The second-order valence-corrected chi connectivity index (χ2v) is 14.6. The van der Waals surface area contributed by atoms with Crippen molar-refractivity contribution < 1.29 is 53.5 Å². The number of fused-ring (bicyclic) bond motifs is 2. The number of ether oxygens (including phenoxy) is 2. The van der Waals surface area contributed by atoms with Gasteiger partial charge in [0, 0.05) is 31.3 Å². The summed E-state index contributed by atoms with van der Waals surface area (Å²) in [5.74, 6) is -1.82. The SMILES string of the molecule is CS(=O)(=O)N(C(=O)Nc1cc(Cl)c(OC(F)(F)F)cc1C=CC(=O)N1C2COCC1CN(Cc1ccc(F)cc1)C2)S(C)(=O)=O. The van der Waals surface area contributed by atoms with Gasteiger partial charge >= 0.3 is 12.4 Å². The molecule has 4 rings (SSSR count). The number of sulfonamides is 2. The summed E-state index contributed by atoms with van der Waals surface area (Å²) in [6.07, 6.45) is -2.17. The van der Waals surface area contributed by atoms with Crippen LogP contribution in [0.2, 0.25) is 5.02 Å². The van der Waals surface area contributed by atoms with E-state index in [9.17, 15) is 44.0 Å². The number of halogens is 5. The first-order valence-corrected chi connectivity index (χ1v) is 17.0. The van der Waals surface area contributed by atoms with E-state index in [1.54, 1.807) is 17.0 Å². The molecule has 0 aromatic heterocycles. The largest absolute Gasteiger partial charge is 0.573 e. The van der Waals surface area contributed by atoms with E-state index >= 15 is 0 Å². The maximum absolute atomic E-state index is 13.4. The Hall–Kier alpha value is -3.45. The third-order valence-electron chi connectivity index (χ3n) is 6.66. The van der Waals surface area contributed by atoms with Crippen LogP contribution in [0, 0.1) is 5.82 Å². The Morgan fingerprint density at radius 3 is 2.18 bits per heavy atom. The van der Waals surface area contributed by atoms with Crippen LogP contribution in [0.3, 0.4) is 0 Å². The van der Waals surface area contributed by atoms with Gasteiger partial charge in [0.25, 0.3) is 0 Å². The summed E-state index contributed by atoms with van der Waals surface area (Å²) in [6, 6.07) is 5.06. The number of hydrogen-bond donors (Lipinski definition) is 1. The molecule has 2 fully saturated rings. The van der Waals surface area contributed by atoms with Crippen molar-refractivity contribution in [1.82, 2.24) is 13.5 Å². The maximum Gasteiger partial charge on any atom is 0.573 e. The number of carbonyl (C=O) groups is 2. The highest BCUT2D eigenvalue weighted by Crippen LogP contribution is 2.36. The second-order valence-electron chi connectivity index (χ2n) is 10.3. The molecule has 2 heterocycles. The fraction of sp³-hybridized carbons (Fsp3) is 0.385. The van der Waals surface area contributed by atoms with Gasteiger partial charge < -0.3 is 19.7 Å². The van der Waals surface area contributed by atoms with Crippen LogP contribution in [0.5, 0.6) is 5.75 Å². The molecule has 0 aliphatic carbocycles. The summed E-state index contributed by atoms with van der Waals surface area (Å²) >= 11 is 5.92. The molecule has 2 aliphatic rings. The molecule has 2 aliphatic heterocycles. The van der Waals surface area contributed by atoms with Crippen molar-refractivity contribution in [2.24, 2.45) is 0 Å². The summed E-state index contributed by atoms with van der Waals surface area (Å²) in [5.41, 5.74) is 0.154. The summed E-state index contributed by atoms with van der Waals surface area (Å²) < 4.78 is 109. The lowest BCUT2D eigenvalue weighted by Crippen LogP contribution is -2.65. The number of urea groups is 1. The van der Waals surface area contributed by atoms with Crippen LogP contribution >= 0.6 is 11.6 Å². The molecule has 0 radical (unpaired) electrons. The van der Waals surface area contributed by atoms with Crippen molar-refractivity contribution in [2.45, 2.75) is 25.0 Å². The summed E-state index contributed by atoms with van der Waals surface area (Å²) in [5, 5.41) is 1.34. The fourth-order valence-electron chi connectivity index (χ4n) is 5.06. The minimum atomic E-state index is -5.17. The molecule has 2 atom stereocenters. The third kappa shape index (κ3) is 8.84. The van der Waals surface area contributed by atoms with E-state index in [0.29, 0.717) is 32.1 Å². The van der Waals surface area contributed by atoms with E-state index in [1.165, 1.54) is 12.1 Å². The van der Waals surface area contributed by atoms with Crippen molar-refractivity contribution in [2.75, 3.05) is 44.1 Å². The number of piperazine rings is 1. The van der Waals surface area contributed by atoms with E-state index in [0.717, 1.165) is 29.8 Å². The van der Waals surface area contributed by atoms with Gasteiger partial charge in [0.1, 0.15) is 11.6 Å². The maximum atomic E-state index is 13.4. The minimum Gasteiger partial charge on any atom is -0.404 e. The lowest BCUT2D eigenvalue weighted by molar-refractivity contribution is -0.274. The summed E-state index contributed by atoms with van der Waals surface area (Å²) in [4.78, 5) is 29.8. The van der Waals surface area contributed by atoms with Crippen LogP contribution < -0.4 is 10.1 Å². The third-order valence-corrected chi connectivity index (χ3v) is 10.1. The zero-order chi connectivity index (χ0) is 33.3. The molecule has 1 N–H and O–H groups in total. The van der Waals surface area contributed by atoms with Crippen LogP contribution in [0.4, 0.5) is 28.0 Å². The van der Waals surface area contributed by atoms with Crippen LogP contribution in [-0.4, -0.2) is 99.5 Å². The summed E-state index contributed by atoms with van der Waals surface area (Å²) in [7, 11) is -9.31. The highest BCUT2D eigenvalue weighted by atomic mass is 35.5. The van der Waals surface area contributed by atoms with E-state index < -0.39 is 70.6 Å². The van der Waals surface area contributed by atoms with Gasteiger partial charge in [0.2, 0.25) is 26.0 Å². The molecule has 19 heteroatoms. The lowest BCUT2D eigenvalue weighted by atomic mass is 10.0. The number of nitrogens with one attached hydrogen (secondary N) is 1. The van der Waals surface area contributed by atoms with Gasteiger partial charge in [-0.2, -0.15) is 0 Å². The molecule has 0 spiro atoms. The number of benzene rings is 2. The average molecular weight is 699 g/mol. The van der Waals surface area contributed by atoms with Crippen LogP contribution in [0.1, 0.15) is 11.1 Å². The number of hydrogen-bond acceptors (Lipinski definition) is 9. The molecule has 2 unspecified atom stereocenters. The molecular weight excluding hydrogens is 672 g/mol. The minimum absolute atomic E-state index is 0.203. The highest BCUT2D eigenvalue weighted by molar-refractivity contribution is 8.04. The van der Waals surface area contributed by atoms with Crippen LogP contribution in [0.15, 0.2) is 42.5 Å². The number of alkyl halides is 3. The highest BCUT2D eigenvalue weighted by Gasteiger charge is 2.40. The predicted molar refractivity (Wildman–Crippen MR) is 155 cm³/mol. The van der Waals surface area contributed by atoms with Gasteiger partial charge in [-0.3, -0.25) is 9.69 Å². The number of rotatable bonds is 8. The molecule has 0 saturated carbocycles. The molecule has 3 amide bonds. The molecule has 2 aromatic rings. The van der Waals surface area contributed by atoms with E-state index in [1.807, 2.05) is 5.32 Å². The number of anilines is 1. The zero-order valence-corrected chi connectivity index (χ0v) is 26.0. The lowest BCUT2D eigenvalue weighted by Gasteiger charge is -2.49. The average Bonchev–Trinajstić information content (AvgIpc) is 2.87. The van der Waals surface area contributed by atoms with E-state index in [-0.39, 0.29) is 24.6 Å². The fourth-order valence-corrected chi connectivity index (χ4v) is 7.92. The van der Waals surface area contributed by atoms with Crippen molar-refractivity contribution in [3.63, 3.8) is 0 Å². The van der Waals surface area contributed by atoms with Crippen molar-refractivity contribution in [3.8, 4) is 5.75 Å². The Labute approximate surface area is 261 Å². The first kappa shape index (κ1) is 34.4. The Bertz CT molecular complexity index is 1660. The Kier molecular flexibility index (Phi) is 10.0. The number of nitrogens with zero attached hydrogens (tertiary/aromatic N) is 3. The Morgan fingerprint density at radius 1 is 1.07 bits per heavy atom. The molecule has 2 saturated heterocycles. The van der Waals surface area contributed by atoms with E-state index in [2.05, 4.69) is 9.64 Å². The van der Waals surface area contributed by atoms with E-state index in [4.69, 9.17) is 16.3 Å². The molecule has 12 nitrogen and oxygen atoms in total. The molecular formula is C26H27ClF4N4O8S2. The Balaban J connectivity index is 1.61. The van der Waals surface area contributed by atoms with Gasteiger partial charge in [-0.15, -0.1) is 16.9 Å². The first-order valence-electron chi connectivity index (χ1n) is 13.0. The normalized spacial score (nSPS) is 19.4. The van der Waals surface area contributed by atoms with Gasteiger partial charge in [0.15, 0.2) is 0 Å². The number of carbonyl (C=O) groups excluding carboxylic acids is 2. The van der Waals surface area contributed by atoms with Gasteiger partial charge in [0.05, 0.1) is 48.5 Å². The second kappa shape index (κ2) is 13.1. The van der Waals surface area contributed by atoms with Gasteiger partial charge in [-0.25, -0.2) is 26.0 Å². The van der Waals surface area contributed by atoms with Crippen LogP contribution in [-0.2, 0) is 36.1 Å². The molecule has 2 bridgehead atoms. The van der Waals surface area contributed by atoms with Crippen LogP contribution in [0.25, 0.3) is 6.08 Å². The standard InChI is InChI=1S/C26H27ClF4N4O8S2/c1-44(38,39)35(45(2,40)41)25(37)32-22-10-21(27)23(43-26(29,30)31)9-17(22)5-8-24(36)34-19-12-33(13-20(34)15-42-14-19)11-16-3-6-18(28)7-4-16/h3-10,19-20H,11-15H2,1-2H3,(H,32,37). The smallest absolute Gasteiger partial charge is 0.404 e. The number of amides is 3. The van der Waals surface area contributed by atoms with Crippen molar-refractivity contribution in [3.05, 3.63) is 64.4 Å². The molecule has 246 valence electrons. The topological polar surface area (TPSA) is 143 Å². The van der Waals surface area contributed by atoms with Crippen molar-refractivity contribution in [1.29, 1.82) is 0 Å². The monoisotopic (exact) mass is 698 g/mol. The molecule has 2 aromatic carbocycles. The quantitative estimate of drug-likeness (QED) is 0.325. The zero-order valence-electron chi connectivity index (χ0n) is 23.6. The van der Waals surface area contributed by atoms with Crippen molar-refractivity contribution >= 4 is 55.3 Å². The van der Waals surface area contributed by atoms with Gasteiger partial charge in [-0.05, 0) is 35.9 Å². The summed E-state index contributed by atoms with van der Waals surface area (Å²) in [6.45, 7) is 1.72. The Morgan fingerprint density at radius 2 is 1.64 bits per heavy atom.